The molecule has 25 heavy (non-hydrogen) atoms. The molecule has 2 rings (SSSR count). The summed E-state index contributed by atoms with van der Waals surface area (Å²) in [5.41, 5.74) is 0.747. The second kappa shape index (κ2) is 10.00. The topological polar surface area (TPSA) is 78.9 Å². The monoisotopic (exact) mass is 342 g/mol. The number of carbonyl (C=O) groups excluding carboxylic acids is 3. The van der Waals surface area contributed by atoms with Crippen molar-refractivity contribution in [1.29, 1.82) is 0 Å². The van der Waals surface area contributed by atoms with Gasteiger partial charge >= 0.3 is 11.9 Å². The fraction of sp³-hybridized carbons (Fsp3) is 0.211. The Morgan fingerprint density at radius 1 is 0.640 bits per heavy atom. The van der Waals surface area contributed by atoms with E-state index in [4.69, 9.17) is 14.2 Å². The van der Waals surface area contributed by atoms with Crippen molar-refractivity contribution in [3.8, 4) is 0 Å². The second-order valence-corrected chi connectivity index (χ2v) is 4.95. The highest BCUT2D eigenvalue weighted by molar-refractivity contribution is 6.40. The summed E-state index contributed by atoms with van der Waals surface area (Å²) < 4.78 is 15.1. The smallest absolute Gasteiger partial charge is 0.379 e. The van der Waals surface area contributed by atoms with Gasteiger partial charge in [0.25, 0.3) is 5.78 Å². The fourth-order valence-corrected chi connectivity index (χ4v) is 1.92. The van der Waals surface area contributed by atoms with Gasteiger partial charge in [0.2, 0.25) is 0 Å². The number of benzene rings is 2. The van der Waals surface area contributed by atoms with E-state index in [1.54, 1.807) is 54.6 Å². The van der Waals surface area contributed by atoms with Gasteiger partial charge in [0.1, 0.15) is 13.2 Å². The van der Waals surface area contributed by atoms with Gasteiger partial charge in [-0.05, 0) is 12.1 Å². The summed E-state index contributed by atoms with van der Waals surface area (Å²) >= 11 is 0. The first-order chi connectivity index (χ1) is 12.2. The molecule has 0 heterocycles. The Bertz CT molecular complexity index is 696. The molecule has 0 N–H and O–H groups in total. The molecule has 0 aliphatic carbocycles. The van der Waals surface area contributed by atoms with Crippen molar-refractivity contribution in [3.05, 3.63) is 71.8 Å². The Labute approximate surface area is 145 Å². The lowest BCUT2D eigenvalue weighted by molar-refractivity contribution is -0.139. The number of Topliss-reactive ketones (excluding diaryl/α,β-unsaturated/α-hetero) is 1. The Kier molecular flexibility index (Phi) is 7.34. The lowest BCUT2D eigenvalue weighted by Crippen LogP contribution is -2.20. The summed E-state index contributed by atoms with van der Waals surface area (Å²) in [5, 5.41) is 0. The van der Waals surface area contributed by atoms with Crippen LogP contribution < -0.4 is 0 Å². The highest BCUT2D eigenvalue weighted by Crippen LogP contribution is 2.02. The van der Waals surface area contributed by atoms with Gasteiger partial charge in [-0.3, -0.25) is 4.79 Å². The third-order valence-electron chi connectivity index (χ3n) is 3.15. The van der Waals surface area contributed by atoms with Crippen LogP contribution in [0, 0.1) is 0 Å². The predicted molar refractivity (Wildman–Crippen MR) is 89.3 cm³/mol. The summed E-state index contributed by atoms with van der Waals surface area (Å²) in [6.07, 6.45) is 0. The summed E-state index contributed by atoms with van der Waals surface area (Å²) in [6, 6.07) is 16.8. The molecular formula is C19H18O6. The molecule has 0 aliphatic rings. The molecule has 0 spiro atoms. The van der Waals surface area contributed by atoms with E-state index in [0.29, 0.717) is 5.56 Å². The quantitative estimate of drug-likeness (QED) is 0.301. The number of ketones is 1. The van der Waals surface area contributed by atoms with Crippen molar-refractivity contribution in [2.24, 2.45) is 0 Å². The number of hydrogen-bond acceptors (Lipinski definition) is 6. The lowest BCUT2D eigenvalue weighted by Gasteiger charge is -2.07. The molecule has 0 aliphatic heterocycles. The van der Waals surface area contributed by atoms with Crippen LogP contribution in [0.15, 0.2) is 60.7 Å². The molecule has 6 heteroatoms. The van der Waals surface area contributed by atoms with Gasteiger partial charge in [-0.25, -0.2) is 9.59 Å². The third kappa shape index (κ3) is 6.19. The van der Waals surface area contributed by atoms with E-state index < -0.39 is 17.7 Å². The van der Waals surface area contributed by atoms with Crippen LogP contribution in [0.4, 0.5) is 0 Å². The number of ether oxygens (including phenoxy) is 3. The van der Waals surface area contributed by atoms with Crippen LogP contribution in [0.5, 0.6) is 0 Å². The van der Waals surface area contributed by atoms with Crippen molar-refractivity contribution in [3.63, 3.8) is 0 Å². The molecule has 2 aromatic rings. The summed E-state index contributed by atoms with van der Waals surface area (Å²) in [6.45, 7) is 0.314. The van der Waals surface area contributed by atoms with Gasteiger partial charge in [0.15, 0.2) is 0 Å². The van der Waals surface area contributed by atoms with E-state index in [9.17, 15) is 14.4 Å². The SMILES string of the molecule is O=C(OCCOCCOC(=O)c1ccccc1)C(=O)c1ccccc1. The van der Waals surface area contributed by atoms with Crippen molar-refractivity contribution >= 4 is 17.7 Å². The van der Waals surface area contributed by atoms with Crippen LogP contribution in [0.1, 0.15) is 20.7 Å². The fourth-order valence-electron chi connectivity index (χ4n) is 1.92. The molecule has 0 saturated carbocycles. The standard InChI is InChI=1S/C19H18O6/c20-17(15-7-3-1-4-8-15)19(22)25-14-12-23-11-13-24-18(21)16-9-5-2-6-10-16/h1-10H,11-14H2. The van der Waals surface area contributed by atoms with Gasteiger partial charge in [-0.15, -0.1) is 0 Å². The van der Waals surface area contributed by atoms with E-state index >= 15 is 0 Å². The van der Waals surface area contributed by atoms with Crippen molar-refractivity contribution in [2.75, 3.05) is 26.4 Å². The van der Waals surface area contributed by atoms with Crippen LogP contribution in [-0.4, -0.2) is 44.1 Å². The molecule has 0 atom stereocenters. The minimum Gasteiger partial charge on any atom is -0.460 e. The zero-order valence-electron chi connectivity index (χ0n) is 13.6. The largest absolute Gasteiger partial charge is 0.460 e. The van der Waals surface area contributed by atoms with Crippen molar-refractivity contribution in [2.45, 2.75) is 0 Å². The number of hydrogen-bond donors (Lipinski definition) is 0. The first kappa shape index (κ1) is 18.4. The number of carbonyl (C=O) groups is 3. The summed E-state index contributed by atoms with van der Waals surface area (Å²) in [7, 11) is 0. The first-order valence-electron chi connectivity index (χ1n) is 7.75. The van der Waals surface area contributed by atoms with Gasteiger partial charge in [-0.1, -0.05) is 48.5 Å². The van der Waals surface area contributed by atoms with E-state index in [-0.39, 0.29) is 32.0 Å². The van der Waals surface area contributed by atoms with E-state index in [0.717, 1.165) is 0 Å². The van der Waals surface area contributed by atoms with Crippen LogP contribution >= 0.6 is 0 Å². The van der Waals surface area contributed by atoms with Crippen molar-refractivity contribution in [1.82, 2.24) is 0 Å². The minimum absolute atomic E-state index is 0.0515. The maximum atomic E-state index is 11.7. The molecule has 2 aromatic carbocycles. The summed E-state index contributed by atoms with van der Waals surface area (Å²) in [5.74, 6) is -2.05. The second-order valence-electron chi connectivity index (χ2n) is 4.95. The number of rotatable bonds is 9. The van der Waals surface area contributed by atoms with Gasteiger partial charge < -0.3 is 14.2 Å². The zero-order chi connectivity index (χ0) is 17.9. The van der Waals surface area contributed by atoms with E-state index in [2.05, 4.69) is 0 Å². The molecule has 0 saturated heterocycles. The Balaban J connectivity index is 1.55. The van der Waals surface area contributed by atoms with E-state index in [1.165, 1.54) is 0 Å². The molecule has 0 aromatic heterocycles. The minimum atomic E-state index is -0.926. The average molecular weight is 342 g/mol. The summed E-state index contributed by atoms with van der Waals surface area (Å²) in [4.78, 5) is 35.0. The van der Waals surface area contributed by atoms with Crippen LogP contribution in [-0.2, 0) is 19.0 Å². The van der Waals surface area contributed by atoms with Gasteiger partial charge in [0.05, 0.1) is 18.8 Å². The highest BCUT2D eigenvalue weighted by atomic mass is 16.6. The van der Waals surface area contributed by atoms with E-state index in [1.807, 2.05) is 6.07 Å². The molecular weight excluding hydrogens is 324 g/mol. The first-order valence-corrected chi connectivity index (χ1v) is 7.75. The molecule has 6 nitrogen and oxygen atoms in total. The van der Waals surface area contributed by atoms with Gasteiger partial charge in [-0.2, -0.15) is 0 Å². The molecule has 0 radical (unpaired) electrons. The number of esters is 2. The van der Waals surface area contributed by atoms with Crippen molar-refractivity contribution < 1.29 is 28.6 Å². The lowest BCUT2D eigenvalue weighted by atomic mass is 10.1. The Morgan fingerprint density at radius 3 is 1.76 bits per heavy atom. The zero-order valence-corrected chi connectivity index (χ0v) is 13.6. The maximum Gasteiger partial charge on any atom is 0.379 e. The Hall–Kier alpha value is -2.99. The average Bonchev–Trinajstić information content (AvgIpc) is 2.67. The third-order valence-corrected chi connectivity index (χ3v) is 3.15. The van der Waals surface area contributed by atoms with Crippen LogP contribution in [0.3, 0.4) is 0 Å². The molecule has 0 bridgehead atoms. The maximum absolute atomic E-state index is 11.7. The normalized spacial score (nSPS) is 10.1. The molecule has 0 fully saturated rings. The molecule has 0 unspecified atom stereocenters. The van der Waals surface area contributed by atoms with Gasteiger partial charge in [0, 0.05) is 5.56 Å². The predicted octanol–water partition coefficient (Wildman–Crippen LogP) is 2.29. The highest BCUT2D eigenvalue weighted by Gasteiger charge is 2.17. The Morgan fingerprint density at radius 2 is 1.16 bits per heavy atom. The van der Waals surface area contributed by atoms with Crippen LogP contribution in [0.25, 0.3) is 0 Å². The molecule has 130 valence electrons. The van der Waals surface area contributed by atoms with Crippen LogP contribution in [0.2, 0.25) is 0 Å². The molecule has 0 amide bonds.